The Kier molecular flexibility index (Phi) is 3.80. The molecule has 0 bridgehead atoms. The number of aromatic nitrogens is 2. The molecule has 4 heteroatoms. The molecule has 114 valence electrons. The second-order valence-corrected chi connectivity index (χ2v) is 6.99. The number of rotatable bonds is 3. The fraction of sp³-hybridized carbons (Fsp3) is 0.765. The van der Waals surface area contributed by atoms with Crippen molar-refractivity contribution in [3.05, 3.63) is 18.1 Å². The van der Waals surface area contributed by atoms with Gasteiger partial charge in [0.1, 0.15) is 12.1 Å². The minimum atomic E-state index is 0.721. The molecule has 1 aliphatic carbocycles. The third kappa shape index (κ3) is 3.05. The standard InChI is InChI=1S/C17H26N4/c1-2-15(1)16-11-17(20-12-19-16)21-9-5-14(6-10-21)13-3-7-18-8-4-13/h11-15,18H,1-10H2. The maximum absolute atomic E-state index is 4.52. The van der Waals surface area contributed by atoms with E-state index in [1.807, 2.05) is 0 Å². The molecule has 0 radical (unpaired) electrons. The van der Waals surface area contributed by atoms with Crippen molar-refractivity contribution >= 4 is 5.82 Å². The first-order chi connectivity index (χ1) is 10.4. The van der Waals surface area contributed by atoms with E-state index in [4.69, 9.17) is 0 Å². The van der Waals surface area contributed by atoms with Gasteiger partial charge in [-0.25, -0.2) is 9.97 Å². The second kappa shape index (κ2) is 5.91. The van der Waals surface area contributed by atoms with Crippen LogP contribution in [0.5, 0.6) is 0 Å². The van der Waals surface area contributed by atoms with Crippen LogP contribution >= 0.6 is 0 Å². The molecule has 1 N–H and O–H groups in total. The van der Waals surface area contributed by atoms with E-state index in [0.717, 1.165) is 23.6 Å². The Morgan fingerprint density at radius 2 is 1.62 bits per heavy atom. The van der Waals surface area contributed by atoms with Gasteiger partial charge in [-0.2, -0.15) is 0 Å². The Labute approximate surface area is 127 Å². The van der Waals surface area contributed by atoms with Crippen LogP contribution in [0.25, 0.3) is 0 Å². The number of hydrogen-bond donors (Lipinski definition) is 1. The molecule has 3 fully saturated rings. The van der Waals surface area contributed by atoms with Crippen LogP contribution in [0.2, 0.25) is 0 Å². The third-order valence-electron chi connectivity index (χ3n) is 5.58. The Morgan fingerprint density at radius 1 is 0.905 bits per heavy atom. The number of nitrogens with one attached hydrogen (secondary N) is 1. The average molecular weight is 286 g/mol. The summed E-state index contributed by atoms with van der Waals surface area (Å²) in [6.45, 7) is 4.80. The lowest BCUT2D eigenvalue weighted by Gasteiger charge is -2.38. The summed E-state index contributed by atoms with van der Waals surface area (Å²) >= 11 is 0. The van der Waals surface area contributed by atoms with Gasteiger partial charge in [0.15, 0.2) is 0 Å². The van der Waals surface area contributed by atoms with Crippen molar-refractivity contribution < 1.29 is 0 Å². The smallest absolute Gasteiger partial charge is 0.132 e. The summed E-state index contributed by atoms with van der Waals surface area (Å²) in [6.07, 6.45) is 9.83. The van der Waals surface area contributed by atoms with Crippen molar-refractivity contribution in [1.82, 2.24) is 15.3 Å². The molecular formula is C17H26N4. The van der Waals surface area contributed by atoms with Crippen molar-refractivity contribution in [2.45, 2.75) is 44.4 Å². The van der Waals surface area contributed by atoms with E-state index in [1.165, 1.54) is 70.4 Å². The van der Waals surface area contributed by atoms with E-state index in [0.29, 0.717) is 0 Å². The molecule has 21 heavy (non-hydrogen) atoms. The van der Waals surface area contributed by atoms with Crippen LogP contribution in [0.3, 0.4) is 0 Å². The van der Waals surface area contributed by atoms with Gasteiger partial charge in [-0.15, -0.1) is 0 Å². The maximum atomic E-state index is 4.52. The number of anilines is 1. The van der Waals surface area contributed by atoms with Crippen LogP contribution in [0, 0.1) is 11.8 Å². The van der Waals surface area contributed by atoms with E-state index >= 15 is 0 Å². The van der Waals surface area contributed by atoms with Gasteiger partial charge in [0.25, 0.3) is 0 Å². The topological polar surface area (TPSA) is 41.1 Å². The molecule has 0 atom stereocenters. The Balaban J connectivity index is 1.37. The molecule has 1 aromatic rings. The second-order valence-electron chi connectivity index (χ2n) is 6.99. The Morgan fingerprint density at radius 3 is 2.33 bits per heavy atom. The highest BCUT2D eigenvalue weighted by Gasteiger charge is 2.29. The molecule has 0 aromatic carbocycles. The summed E-state index contributed by atoms with van der Waals surface area (Å²) in [5.41, 5.74) is 1.26. The lowest BCUT2D eigenvalue weighted by atomic mass is 9.79. The van der Waals surface area contributed by atoms with E-state index in [1.54, 1.807) is 6.33 Å². The molecule has 0 amide bonds. The predicted octanol–water partition coefficient (Wildman–Crippen LogP) is 2.57. The maximum Gasteiger partial charge on any atom is 0.132 e. The van der Waals surface area contributed by atoms with Crippen molar-refractivity contribution in [1.29, 1.82) is 0 Å². The Bertz CT molecular complexity index is 471. The van der Waals surface area contributed by atoms with Crippen molar-refractivity contribution in [2.24, 2.45) is 11.8 Å². The summed E-state index contributed by atoms with van der Waals surface area (Å²) < 4.78 is 0. The molecule has 4 nitrogen and oxygen atoms in total. The van der Waals surface area contributed by atoms with Crippen LogP contribution in [0.1, 0.15) is 50.1 Å². The lowest BCUT2D eigenvalue weighted by Crippen LogP contribution is -2.39. The van der Waals surface area contributed by atoms with Crippen LogP contribution in [-0.2, 0) is 0 Å². The van der Waals surface area contributed by atoms with Gasteiger partial charge in [-0.1, -0.05) is 0 Å². The molecule has 1 saturated carbocycles. The molecule has 2 aliphatic heterocycles. The molecule has 3 heterocycles. The summed E-state index contributed by atoms with van der Waals surface area (Å²) in [5, 5.41) is 3.48. The normalized spacial score (nSPS) is 25.2. The fourth-order valence-electron chi connectivity index (χ4n) is 4.05. The number of nitrogens with zero attached hydrogens (tertiary/aromatic N) is 3. The zero-order valence-corrected chi connectivity index (χ0v) is 12.8. The van der Waals surface area contributed by atoms with Crippen molar-refractivity contribution in [3.63, 3.8) is 0 Å². The van der Waals surface area contributed by atoms with E-state index < -0.39 is 0 Å². The summed E-state index contributed by atoms with van der Waals surface area (Å²) in [5.74, 6) is 3.78. The first-order valence-corrected chi connectivity index (χ1v) is 8.68. The number of hydrogen-bond acceptors (Lipinski definition) is 4. The van der Waals surface area contributed by atoms with Gasteiger partial charge in [0.2, 0.25) is 0 Å². The molecule has 2 saturated heterocycles. The van der Waals surface area contributed by atoms with Gasteiger partial charge in [-0.3, -0.25) is 0 Å². The highest BCUT2D eigenvalue weighted by atomic mass is 15.2. The van der Waals surface area contributed by atoms with E-state index in [2.05, 4.69) is 26.3 Å². The first-order valence-electron chi connectivity index (χ1n) is 8.68. The summed E-state index contributed by atoms with van der Waals surface area (Å²) in [6, 6.07) is 2.24. The van der Waals surface area contributed by atoms with Gasteiger partial charge >= 0.3 is 0 Å². The molecule has 0 spiro atoms. The van der Waals surface area contributed by atoms with Gasteiger partial charge in [-0.05, 0) is 63.5 Å². The quantitative estimate of drug-likeness (QED) is 0.927. The zero-order chi connectivity index (χ0) is 14.1. The third-order valence-corrected chi connectivity index (χ3v) is 5.58. The fourth-order valence-corrected chi connectivity index (χ4v) is 4.05. The minimum absolute atomic E-state index is 0.721. The highest BCUT2D eigenvalue weighted by Crippen LogP contribution is 2.40. The summed E-state index contributed by atoms with van der Waals surface area (Å²) in [7, 11) is 0. The lowest BCUT2D eigenvalue weighted by molar-refractivity contribution is 0.221. The minimum Gasteiger partial charge on any atom is -0.356 e. The Hall–Kier alpha value is -1.16. The van der Waals surface area contributed by atoms with Gasteiger partial charge in [0.05, 0.1) is 0 Å². The van der Waals surface area contributed by atoms with Crippen molar-refractivity contribution in [2.75, 3.05) is 31.1 Å². The average Bonchev–Trinajstić information content (AvgIpc) is 3.41. The van der Waals surface area contributed by atoms with Crippen LogP contribution in [0.15, 0.2) is 12.4 Å². The molecule has 0 unspecified atom stereocenters. The van der Waals surface area contributed by atoms with E-state index in [-0.39, 0.29) is 0 Å². The summed E-state index contributed by atoms with van der Waals surface area (Å²) in [4.78, 5) is 11.4. The van der Waals surface area contributed by atoms with Crippen LogP contribution in [-0.4, -0.2) is 36.1 Å². The van der Waals surface area contributed by atoms with Gasteiger partial charge in [0, 0.05) is 30.8 Å². The van der Waals surface area contributed by atoms with Gasteiger partial charge < -0.3 is 10.2 Å². The molecular weight excluding hydrogens is 260 g/mol. The van der Waals surface area contributed by atoms with Crippen LogP contribution < -0.4 is 10.2 Å². The first kappa shape index (κ1) is 13.5. The van der Waals surface area contributed by atoms with Crippen molar-refractivity contribution in [3.8, 4) is 0 Å². The predicted molar refractivity (Wildman–Crippen MR) is 84.5 cm³/mol. The zero-order valence-electron chi connectivity index (χ0n) is 12.8. The molecule has 3 aliphatic rings. The largest absolute Gasteiger partial charge is 0.356 e. The highest BCUT2D eigenvalue weighted by molar-refractivity contribution is 5.40. The van der Waals surface area contributed by atoms with Crippen LogP contribution in [0.4, 0.5) is 5.82 Å². The molecule has 4 rings (SSSR count). The number of piperidine rings is 2. The monoisotopic (exact) mass is 286 g/mol. The SMILES string of the molecule is c1nc(C2CC2)cc(N2CCC(C3CCNCC3)CC2)n1. The van der Waals surface area contributed by atoms with E-state index in [9.17, 15) is 0 Å². The molecule has 1 aromatic heterocycles.